The molecule has 0 aliphatic carbocycles. The molecule has 162 valence electrons. The Kier molecular flexibility index (Phi) is 7.37. The molecule has 0 aliphatic rings. The predicted octanol–water partition coefficient (Wildman–Crippen LogP) is 2.88. The Balaban J connectivity index is 1.71. The molecule has 0 unspecified atom stereocenters. The van der Waals surface area contributed by atoms with Crippen molar-refractivity contribution in [2.24, 2.45) is 0 Å². The summed E-state index contributed by atoms with van der Waals surface area (Å²) in [6.45, 7) is 4.17. The van der Waals surface area contributed by atoms with Crippen molar-refractivity contribution < 1.29 is 14.3 Å². The first kappa shape index (κ1) is 22.0. The van der Waals surface area contributed by atoms with E-state index >= 15 is 0 Å². The average Bonchev–Trinajstić information content (AvgIpc) is 2.77. The van der Waals surface area contributed by atoms with Crippen molar-refractivity contribution in [1.82, 2.24) is 20.5 Å². The molecule has 0 bridgehead atoms. The van der Waals surface area contributed by atoms with E-state index in [9.17, 15) is 9.59 Å². The Morgan fingerprint density at radius 2 is 1.87 bits per heavy atom. The molecule has 0 atom stereocenters. The van der Waals surface area contributed by atoms with Crippen LogP contribution in [0.25, 0.3) is 11.4 Å². The molecule has 31 heavy (non-hydrogen) atoms. The third kappa shape index (κ3) is 6.15. The Bertz CT molecular complexity index is 1080. The monoisotopic (exact) mass is 422 g/mol. The maximum atomic E-state index is 12.4. The minimum absolute atomic E-state index is 0.0499. The lowest BCUT2D eigenvalue weighted by Gasteiger charge is -2.12. The summed E-state index contributed by atoms with van der Waals surface area (Å²) in [5.74, 6) is 1.29. The van der Waals surface area contributed by atoms with E-state index in [2.05, 4.69) is 20.5 Å². The van der Waals surface area contributed by atoms with Crippen LogP contribution in [0.2, 0.25) is 0 Å². The summed E-state index contributed by atoms with van der Waals surface area (Å²) in [5, 5.41) is 10.9. The highest BCUT2D eigenvalue weighted by Crippen LogP contribution is 2.31. The fourth-order valence-electron chi connectivity index (χ4n) is 2.95. The maximum absolute atomic E-state index is 12.4. The predicted molar refractivity (Wildman–Crippen MR) is 117 cm³/mol. The number of aromatic amines is 1. The van der Waals surface area contributed by atoms with E-state index in [0.29, 0.717) is 29.5 Å². The van der Waals surface area contributed by atoms with Crippen LogP contribution in [-0.4, -0.2) is 34.2 Å². The second-order valence-corrected chi connectivity index (χ2v) is 7.31. The molecular weight excluding hydrogens is 396 g/mol. The highest BCUT2D eigenvalue weighted by atomic mass is 16.5. The highest BCUT2D eigenvalue weighted by Gasteiger charge is 2.12. The number of methoxy groups -OCH3 is 1. The van der Waals surface area contributed by atoms with Crippen LogP contribution < -0.4 is 20.3 Å². The maximum Gasteiger partial charge on any atom is 0.273 e. The van der Waals surface area contributed by atoms with Crippen molar-refractivity contribution in [2.75, 3.05) is 7.11 Å². The molecule has 2 N–H and O–H groups in total. The summed E-state index contributed by atoms with van der Waals surface area (Å²) in [6.07, 6.45) is 0.396. The van der Waals surface area contributed by atoms with Crippen molar-refractivity contribution in [3.05, 3.63) is 70.1 Å². The minimum Gasteiger partial charge on any atom is -0.493 e. The van der Waals surface area contributed by atoms with Gasteiger partial charge in [-0.1, -0.05) is 30.3 Å². The molecule has 0 saturated heterocycles. The first-order chi connectivity index (χ1) is 15.0. The van der Waals surface area contributed by atoms with Crippen LogP contribution >= 0.6 is 0 Å². The second kappa shape index (κ2) is 10.4. The number of aryl methyl sites for hydroxylation is 1. The van der Waals surface area contributed by atoms with Gasteiger partial charge in [0.1, 0.15) is 12.3 Å². The number of benzene rings is 2. The number of hydrogen-bond acceptors (Lipinski definition) is 6. The number of amides is 1. The van der Waals surface area contributed by atoms with E-state index in [-0.39, 0.29) is 36.0 Å². The number of ether oxygens (including phenoxy) is 2. The summed E-state index contributed by atoms with van der Waals surface area (Å²) in [4.78, 5) is 26.9. The standard InChI is InChI=1S/C23H26N4O4/c1-15(2)24-21(28)12-10-18-23(29)25-22(27-26-18)17-9-11-19(20(13-17)30-3)31-14-16-7-5-4-6-8-16/h4-9,11,13,15H,10,12,14H2,1-3H3,(H,24,28)(H,25,27,29). The number of nitrogens with one attached hydrogen (secondary N) is 2. The molecule has 3 rings (SSSR count). The van der Waals surface area contributed by atoms with Gasteiger partial charge in [0.25, 0.3) is 5.56 Å². The van der Waals surface area contributed by atoms with E-state index in [1.165, 1.54) is 0 Å². The number of rotatable bonds is 9. The topological polar surface area (TPSA) is 106 Å². The number of aromatic nitrogens is 3. The molecule has 1 heterocycles. The number of carbonyl (C=O) groups is 1. The van der Waals surface area contributed by atoms with Gasteiger partial charge in [0, 0.05) is 24.4 Å². The number of hydrogen-bond donors (Lipinski definition) is 2. The lowest BCUT2D eigenvalue weighted by molar-refractivity contribution is -0.121. The van der Waals surface area contributed by atoms with Gasteiger partial charge in [0.2, 0.25) is 5.91 Å². The van der Waals surface area contributed by atoms with Crippen molar-refractivity contribution in [1.29, 1.82) is 0 Å². The SMILES string of the molecule is COc1cc(-c2nnc(CCC(=O)NC(C)C)c(=O)[nH]2)ccc1OCc1ccccc1. The normalized spacial score (nSPS) is 10.7. The molecule has 8 nitrogen and oxygen atoms in total. The molecule has 0 aliphatic heterocycles. The summed E-state index contributed by atoms with van der Waals surface area (Å²) in [5.41, 5.74) is 1.53. The highest BCUT2D eigenvalue weighted by molar-refractivity contribution is 5.76. The third-order valence-corrected chi connectivity index (χ3v) is 4.48. The van der Waals surface area contributed by atoms with Crippen LogP contribution in [0, 0.1) is 0 Å². The van der Waals surface area contributed by atoms with Gasteiger partial charge in [-0.3, -0.25) is 9.59 Å². The van der Waals surface area contributed by atoms with Gasteiger partial charge in [-0.05, 0) is 37.6 Å². The van der Waals surface area contributed by atoms with Crippen molar-refractivity contribution in [3.63, 3.8) is 0 Å². The molecule has 0 spiro atoms. The quantitative estimate of drug-likeness (QED) is 0.549. The van der Waals surface area contributed by atoms with Gasteiger partial charge in [-0.15, -0.1) is 10.2 Å². The Labute approximate surface area is 180 Å². The van der Waals surface area contributed by atoms with Crippen LogP contribution in [0.15, 0.2) is 53.3 Å². The number of carbonyl (C=O) groups excluding carboxylic acids is 1. The Morgan fingerprint density at radius 3 is 2.55 bits per heavy atom. The first-order valence-electron chi connectivity index (χ1n) is 10.1. The van der Waals surface area contributed by atoms with Crippen molar-refractivity contribution in [2.45, 2.75) is 39.3 Å². The smallest absolute Gasteiger partial charge is 0.273 e. The third-order valence-electron chi connectivity index (χ3n) is 4.48. The minimum atomic E-state index is -0.370. The zero-order valence-corrected chi connectivity index (χ0v) is 17.8. The molecule has 2 aromatic carbocycles. The second-order valence-electron chi connectivity index (χ2n) is 7.31. The zero-order valence-electron chi connectivity index (χ0n) is 17.8. The van der Waals surface area contributed by atoms with Gasteiger partial charge in [0.15, 0.2) is 17.3 Å². The van der Waals surface area contributed by atoms with Crippen molar-refractivity contribution in [3.8, 4) is 22.9 Å². The average molecular weight is 422 g/mol. The molecule has 0 saturated carbocycles. The van der Waals surface area contributed by atoms with Gasteiger partial charge < -0.3 is 19.8 Å². The zero-order chi connectivity index (χ0) is 22.2. The molecule has 1 amide bonds. The lowest BCUT2D eigenvalue weighted by Crippen LogP contribution is -2.31. The van der Waals surface area contributed by atoms with E-state index in [0.717, 1.165) is 5.56 Å². The van der Waals surface area contributed by atoms with Crippen LogP contribution in [0.1, 0.15) is 31.5 Å². The van der Waals surface area contributed by atoms with Crippen LogP contribution in [0.4, 0.5) is 0 Å². The number of H-pyrrole nitrogens is 1. The Morgan fingerprint density at radius 1 is 1.10 bits per heavy atom. The molecule has 0 radical (unpaired) electrons. The van der Waals surface area contributed by atoms with Crippen LogP contribution in [0.5, 0.6) is 11.5 Å². The van der Waals surface area contributed by atoms with Crippen molar-refractivity contribution >= 4 is 5.91 Å². The lowest BCUT2D eigenvalue weighted by atomic mass is 10.2. The van der Waals surface area contributed by atoms with E-state index in [1.54, 1.807) is 25.3 Å². The van der Waals surface area contributed by atoms with Crippen LogP contribution in [0.3, 0.4) is 0 Å². The molecule has 0 fully saturated rings. The fraction of sp³-hybridized carbons (Fsp3) is 0.304. The summed E-state index contributed by atoms with van der Waals surface area (Å²) >= 11 is 0. The largest absolute Gasteiger partial charge is 0.493 e. The van der Waals surface area contributed by atoms with Gasteiger partial charge in [-0.2, -0.15) is 0 Å². The van der Waals surface area contributed by atoms with E-state index < -0.39 is 0 Å². The fourth-order valence-corrected chi connectivity index (χ4v) is 2.95. The van der Waals surface area contributed by atoms with E-state index in [1.807, 2.05) is 44.2 Å². The molecule has 1 aromatic heterocycles. The summed E-state index contributed by atoms with van der Waals surface area (Å²) in [7, 11) is 1.55. The van der Waals surface area contributed by atoms with Gasteiger partial charge in [0.05, 0.1) is 7.11 Å². The first-order valence-corrected chi connectivity index (χ1v) is 10.1. The molecular formula is C23H26N4O4. The molecule has 8 heteroatoms. The Hall–Kier alpha value is -3.68. The van der Waals surface area contributed by atoms with Gasteiger partial charge >= 0.3 is 0 Å². The number of nitrogens with zero attached hydrogens (tertiary/aromatic N) is 2. The van der Waals surface area contributed by atoms with Crippen LogP contribution in [-0.2, 0) is 17.8 Å². The summed E-state index contributed by atoms with van der Waals surface area (Å²) in [6, 6.07) is 15.1. The van der Waals surface area contributed by atoms with E-state index in [4.69, 9.17) is 9.47 Å². The van der Waals surface area contributed by atoms with Gasteiger partial charge in [-0.25, -0.2) is 0 Å². The molecule has 3 aromatic rings. The summed E-state index contributed by atoms with van der Waals surface area (Å²) < 4.78 is 11.3.